The Morgan fingerprint density at radius 1 is 0.667 bits per heavy atom. The molecular weight excluding hydrogens is 397 g/mol. The fourth-order valence-corrected chi connectivity index (χ4v) is 3.72. The molecule has 0 amide bonds. The van der Waals surface area contributed by atoms with E-state index in [1.54, 1.807) is 0 Å². The van der Waals surface area contributed by atoms with Gasteiger partial charge in [-0.2, -0.15) is 0 Å². The molecule has 112 valence electrons. The van der Waals surface area contributed by atoms with Gasteiger partial charge in [0.1, 0.15) is 0 Å². The second-order valence-electron chi connectivity index (χ2n) is 4.28. The van der Waals surface area contributed by atoms with Crippen molar-refractivity contribution in [1.82, 2.24) is 0 Å². The van der Waals surface area contributed by atoms with Crippen molar-refractivity contribution >= 4 is 67.8 Å². The molecule has 0 saturated heterocycles. The Labute approximate surface area is 147 Å². The lowest BCUT2D eigenvalue weighted by molar-refractivity contribution is 0.602. The van der Waals surface area contributed by atoms with Crippen molar-refractivity contribution in [2.75, 3.05) is 6.26 Å². The second kappa shape index (κ2) is 6.15. The standard InChI is InChI=1S/C13H7Cl5O2S/c1-21(19,20)13-5-12(18)10(16)3-7(13)6-2-9(15)11(17)4-8(6)14/h2-5H,1H3. The predicted octanol–water partition coefficient (Wildman–Crippen LogP) is 6.02. The van der Waals surface area contributed by atoms with Crippen LogP contribution in [-0.2, 0) is 9.84 Å². The Balaban J connectivity index is 2.87. The maximum Gasteiger partial charge on any atom is 0.176 e. The zero-order valence-corrected chi connectivity index (χ0v) is 15.0. The van der Waals surface area contributed by atoms with Crippen LogP contribution in [0.25, 0.3) is 11.1 Å². The fraction of sp³-hybridized carbons (Fsp3) is 0.0769. The highest BCUT2D eigenvalue weighted by Gasteiger charge is 2.20. The van der Waals surface area contributed by atoms with Crippen molar-refractivity contribution in [2.24, 2.45) is 0 Å². The van der Waals surface area contributed by atoms with Gasteiger partial charge in [0, 0.05) is 17.4 Å². The summed E-state index contributed by atoms with van der Waals surface area (Å²) >= 11 is 29.9. The Hall–Kier alpha value is -0.160. The monoisotopic (exact) mass is 402 g/mol. The van der Waals surface area contributed by atoms with Crippen LogP contribution in [0.1, 0.15) is 0 Å². The second-order valence-corrected chi connectivity index (χ2v) is 8.30. The molecule has 2 aromatic carbocycles. The van der Waals surface area contributed by atoms with Crippen molar-refractivity contribution in [1.29, 1.82) is 0 Å². The minimum Gasteiger partial charge on any atom is -0.224 e. The lowest BCUT2D eigenvalue weighted by Gasteiger charge is -2.12. The van der Waals surface area contributed by atoms with Crippen LogP contribution in [0.3, 0.4) is 0 Å². The minimum absolute atomic E-state index is 0.0113. The third kappa shape index (κ3) is 3.61. The molecule has 2 rings (SSSR count). The van der Waals surface area contributed by atoms with E-state index in [4.69, 9.17) is 58.0 Å². The van der Waals surface area contributed by atoms with Gasteiger partial charge in [-0.1, -0.05) is 58.0 Å². The number of rotatable bonds is 2. The van der Waals surface area contributed by atoms with E-state index in [0.29, 0.717) is 11.1 Å². The zero-order valence-electron chi connectivity index (χ0n) is 10.4. The molecule has 0 bridgehead atoms. The first-order valence-corrected chi connectivity index (χ1v) is 9.23. The van der Waals surface area contributed by atoms with E-state index in [-0.39, 0.29) is 30.0 Å². The Kier molecular flexibility index (Phi) is 5.04. The van der Waals surface area contributed by atoms with Gasteiger partial charge in [-0.05, 0) is 24.3 Å². The van der Waals surface area contributed by atoms with Gasteiger partial charge in [0.15, 0.2) is 9.84 Å². The molecule has 2 nitrogen and oxygen atoms in total. The predicted molar refractivity (Wildman–Crippen MR) is 90.0 cm³/mol. The molecule has 0 saturated carbocycles. The van der Waals surface area contributed by atoms with E-state index in [1.807, 2.05) is 0 Å². The van der Waals surface area contributed by atoms with Gasteiger partial charge in [0.2, 0.25) is 0 Å². The SMILES string of the molecule is CS(=O)(=O)c1cc(Cl)c(Cl)cc1-c1cc(Cl)c(Cl)cc1Cl. The van der Waals surface area contributed by atoms with E-state index in [0.717, 1.165) is 6.26 Å². The summed E-state index contributed by atoms with van der Waals surface area (Å²) in [6.07, 6.45) is 1.07. The van der Waals surface area contributed by atoms with Crippen LogP contribution in [0.5, 0.6) is 0 Å². The zero-order chi connectivity index (χ0) is 15.9. The molecule has 0 N–H and O–H groups in total. The quantitative estimate of drug-likeness (QED) is 0.573. The smallest absolute Gasteiger partial charge is 0.176 e. The first-order valence-electron chi connectivity index (χ1n) is 5.45. The van der Waals surface area contributed by atoms with Gasteiger partial charge in [0.05, 0.1) is 30.0 Å². The molecule has 21 heavy (non-hydrogen) atoms. The van der Waals surface area contributed by atoms with Crippen LogP contribution in [0.15, 0.2) is 29.2 Å². The maximum atomic E-state index is 11.9. The highest BCUT2D eigenvalue weighted by molar-refractivity contribution is 7.90. The Bertz CT molecular complexity index is 831. The fourth-order valence-electron chi connectivity index (χ4n) is 1.77. The number of sulfone groups is 1. The first kappa shape index (κ1) is 17.2. The molecule has 0 aliphatic rings. The highest BCUT2D eigenvalue weighted by atomic mass is 35.5. The van der Waals surface area contributed by atoms with E-state index < -0.39 is 9.84 Å². The summed E-state index contributed by atoms with van der Waals surface area (Å²) in [6.45, 7) is 0. The van der Waals surface area contributed by atoms with Gasteiger partial charge in [-0.25, -0.2) is 8.42 Å². The Morgan fingerprint density at radius 3 is 1.62 bits per heavy atom. The van der Waals surface area contributed by atoms with Crippen LogP contribution < -0.4 is 0 Å². The molecule has 0 aromatic heterocycles. The summed E-state index contributed by atoms with van der Waals surface area (Å²) in [4.78, 5) is 0.0113. The van der Waals surface area contributed by atoms with Gasteiger partial charge in [-0.3, -0.25) is 0 Å². The van der Waals surface area contributed by atoms with E-state index in [1.165, 1.54) is 24.3 Å². The van der Waals surface area contributed by atoms with E-state index in [9.17, 15) is 8.42 Å². The molecular formula is C13H7Cl5O2S. The summed E-state index contributed by atoms with van der Waals surface area (Å²) in [5.41, 5.74) is 0.723. The third-order valence-corrected chi connectivity index (χ3v) is 5.62. The molecule has 0 spiro atoms. The molecule has 0 fully saturated rings. The van der Waals surface area contributed by atoms with Crippen LogP contribution in [-0.4, -0.2) is 14.7 Å². The lowest BCUT2D eigenvalue weighted by atomic mass is 10.1. The largest absolute Gasteiger partial charge is 0.224 e. The average Bonchev–Trinajstić information content (AvgIpc) is 2.35. The summed E-state index contributed by atoms with van der Waals surface area (Å²) in [5, 5.41) is 1.12. The number of benzene rings is 2. The molecule has 0 atom stereocenters. The number of halogens is 5. The summed E-state index contributed by atoms with van der Waals surface area (Å²) in [7, 11) is -3.54. The van der Waals surface area contributed by atoms with Crippen LogP contribution in [0.4, 0.5) is 0 Å². The molecule has 8 heteroatoms. The molecule has 0 unspecified atom stereocenters. The number of hydrogen-bond donors (Lipinski definition) is 0. The van der Waals surface area contributed by atoms with Crippen molar-refractivity contribution in [3.05, 3.63) is 49.4 Å². The van der Waals surface area contributed by atoms with Crippen molar-refractivity contribution in [3.63, 3.8) is 0 Å². The van der Waals surface area contributed by atoms with Crippen LogP contribution in [0.2, 0.25) is 25.1 Å². The van der Waals surface area contributed by atoms with E-state index >= 15 is 0 Å². The molecule has 0 aliphatic heterocycles. The van der Waals surface area contributed by atoms with Gasteiger partial charge >= 0.3 is 0 Å². The van der Waals surface area contributed by atoms with Crippen molar-refractivity contribution in [2.45, 2.75) is 4.90 Å². The average molecular weight is 405 g/mol. The third-order valence-electron chi connectivity index (χ3n) is 2.72. The molecule has 0 heterocycles. The molecule has 0 aliphatic carbocycles. The molecule has 2 aromatic rings. The summed E-state index contributed by atoms with van der Waals surface area (Å²) in [6, 6.07) is 5.65. The van der Waals surface area contributed by atoms with E-state index in [2.05, 4.69) is 0 Å². The van der Waals surface area contributed by atoms with Gasteiger partial charge < -0.3 is 0 Å². The Morgan fingerprint density at radius 2 is 1.10 bits per heavy atom. The highest BCUT2D eigenvalue weighted by Crippen LogP contribution is 2.40. The number of hydrogen-bond acceptors (Lipinski definition) is 2. The maximum absolute atomic E-state index is 11.9. The first-order chi connectivity index (χ1) is 9.61. The summed E-state index contributed by atoms with van der Waals surface area (Å²) in [5.74, 6) is 0. The lowest BCUT2D eigenvalue weighted by Crippen LogP contribution is -2.01. The van der Waals surface area contributed by atoms with Gasteiger partial charge in [0.25, 0.3) is 0 Å². The normalized spacial score (nSPS) is 11.7. The topological polar surface area (TPSA) is 34.1 Å². The minimum atomic E-state index is -3.54. The van der Waals surface area contributed by atoms with Crippen LogP contribution >= 0.6 is 58.0 Å². The van der Waals surface area contributed by atoms with Crippen molar-refractivity contribution in [3.8, 4) is 11.1 Å². The van der Waals surface area contributed by atoms with Crippen molar-refractivity contribution < 1.29 is 8.42 Å². The van der Waals surface area contributed by atoms with Crippen LogP contribution in [0, 0.1) is 0 Å². The summed E-state index contributed by atoms with van der Waals surface area (Å²) < 4.78 is 23.9. The molecule has 0 radical (unpaired) electrons. The van der Waals surface area contributed by atoms with Gasteiger partial charge in [-0.15, -0.1) is 0 Å².